The number of para-hydroxylation sites is 1. The summed E-state index contributed by atoms with van der Waals surface area (Å²) in [6.07, 6.45) is 0.941. The van der Waals surface area contributed by atoms with Crippen molar-refractivity contribution in [1.29, 1.82) is 0 Å². The Bertz CT molecular complexity index is 1490. The van der Waals surface area contributed by atoms with Crippen LogP contribution in [-0.2, 0) is 31.8 Å². The van der Waals surface area contributed by atoms with Crippen LogP contribution in [0.4, 0.5) is 10.5 Å². The Hall–Kier alpha value is -4.43. The first-order valence-electron chi connectivity index (χ1n) is 15.9. The molecule has 0 aromatic heterocycles. The van der Waals surface area contributed by atoms with Crippen molar-refractivity contribution in [2.45, 2.75) is 57.9 Å². The number of nitrogens with zero attached hydrogens (tertiary/aromatic N) is 2. The number of carbonyl (C=O) groups is 4. The van der Waals surface area contributed by atoms with Crippen LogP contribution < -0.4 is 21.3 Å². The molecule has 5 amide bonds. The summed E-state index contributed by atoms with van der Waals surface area (Å²) in [6.45, 7) is 5.44. The Kier molecular flexibility index (Phi) is 14.2. The number of urea groups is 1. The summed E-state index contributed by atoms with van der Waals surface area (Å²) < 4.78 is 14.1. The Morgan fingerprint density at radius 2 is 1.28 bits per heavy atom. The minimum absolute atomic E-state index is 0.0132. The quantitative estimate of drug-likeness (QED) is 0.191. The fourth-order valence-corrected chi connectivity index (χ4v) is 7.17. The molecule has 3 rings (SSSR count). The first-order valence-corrected chi connectivity index (χ1v) is 17.6. The predicted octanol–water partition coefficient (Wildman–Crippen LogP) is 4.68. The zero-order chi connectivity index (χ0) is 34.5. The van der Waals surface area contributed by atoms with Gasteiger partial charge in [-0.2, -0.15) is 0 Å². The van der Waals surface area contributed by atoms with Crippen LogP contribution in [-0.4, -0.2) is 66.8 Å². The summed E-state index contributed by atoms with van der Waals surface area (Å²) >= 11 is 0. The third-order valence-corrected chi connectivity index (χ3v) is 9.93. The highest BCUT2D eigenvalue weighted by Gasteiger charge is 2.35. The molecule has 0 bridgehead atoms. The van der Waals surface area contributed by atoms with Crippen molar-refractivity contribution in [2.24, 2.45) is 17.6 Å². The minimum atomic E-state index is -2.60. The molecule has 3 aromatic rings. The number of carbonyl (C=O) groups excluding carboxylic acids is 4. The van der Waals surface area contributed by atoms with Crippen LogP contribution >= 0.6 is 7.80 Å². The van der Waals surface area contributed by atoms with E-state index in [-0.39, 0.29) is 24.5 Å². The number of rotatable bonds is 16. The molecule has 4 N–H and O–H groups in total. The van der Waals surface area contributed by atoms with E-state index < -0.39 is 49.3 Å². The lowest BCUT2D eigenvalue weighted by Gasteiger charge is -2.32. The van der Waals surface area contributed by atoms with Gasteiger partial charge < -0.3 is 25.8 Å². The average Bonchev–Trinajstić information content (AvgIpc) is 3.04. The monoisotopic (exact) mass is 661 g/mol. The summed E-state index contributed by atoms with van der Waals surface area (Å²) in [4.78, 5) is 56.0. The molecular weight excluding hydrogens is 613 g/mol. The van der Waals surface area contributed by atoms with Gasteiger partial charge in [0.15, 0.2) is 0 Å². The molecule has 0 heterocycles. The van der Waals surface area contributed by atoms with E-state index in [1.807, 2.05) is 74.5 Å². The minimum Gasteiger partial charge on any atom is -0.368 e. The maximum atomic E-state index is 14.2. The van der Waals surface area contributed by atoms with Crippen LogP contribution in [0.5, 0.6) is 0 Å². The van der Waals surface area contributed by atoms with Crippen molar-refractivity contribution in [3.63, 3.8) is 0 Å². The van der Waals surface area contributed by atoms with Gasteiger partial charge in [-0.25, -0.2) is 4.79 Å². The summed E-state index contributed by atoms with van der Waals surface area (Å²) in [5, 5.41) is 5.86. The van der Waals surface area contributed by atoms with E-state index in [9.17, 15) is 23.7 Å². The fourth-order valence-electron chi connectivity index (χ4n) is 5.32. The number of anilines is 1. The lowest BCUT2D eigenvalue weighted by atomic mass is 9.97. The normalized spacial score (nSPS) is 14.3. The number of nitrogens with one attached hydrogen (secondary N) is 2. The van der Waals surface area contributed by atoms with Gasteiger partial charge in [-0.1, -0.05) is 92.7 Å². The van der Waals surface area contributed by atoms with Crippen LogP contribution in [0.3, 0.4) is 0 Å². The van der Waals surface area contributed by atoms with Gasteiger partial charge >= 0.3 is 6.03 Å². The molecule has 0 spiro atoms. The molecule has 0 saturated carbocycles. The molecule has 47 heavy (non-hydrogen) atoms. The predicted molar refractivity (Wildman–Crippen MR) is 188 cm³/mol. The lowest BCUT2D eigenvalue weighted by molar-refractivity contribution is -0.130. The van der Waals surface area contributed by atoms with E-state index >= 15 is 0 Å². The Morgan fingerprint density at radius 3 is 1.77 bits per heavy atom. The smallest absolute Gasteiger partial charge is 0.317 e. The lowest BCUT2D eigenvalue weighted by Crippen LogP contribution is -2.56. The average molecular weight is 662 g/mol. The van der Waals surface area contributed by atoms with Crippen LogP contribution in [0.25, 0.3) is 0 Å². The molecule has 3 aromatic carbocycles. The van der Waals surface area contributed by atoms with Crippen LogP contribution in [0.15, 0.2) is 91.0 Å². The molecule has 0 aliphatic rings. The molecule has 1 unspecified atom stereocenters. The van der Waals surface area contributed by atoms with Crippen LogP contribution in [0.1, 0.15) is 38.3 Å². The number of hydrogen-bond acceptors (Lipinski definition) is 5. The molecule has 0 fully saturated rings. The van der Waals surface area contributed by atoms with Crippen molar-refractivity contribution < 1.29 is 23.7 Å². The number of nitrogens with two attached hydrogens (primary N) is 1. The zero-order valence-corrected chi connectivity index (χ0v) is 28.9. The van der Waals surface area contributed by atoms with Gasteiger partial charge in [0.05, 0.1) is 13.6 Å². The second-order valence-electron chi connectivity index (χ2n) is 12.5. The van der Waals surface area contributed by atoms with Crippen molar-refractivity contribution in [2.75, 3.05) is 25.2 Å². The topological polar surface area (TPSA) is 142 Å². The van der Waals surface area contributed by atoms with E-state index in [1.165, 1.54) is 9.80 Å². The zero-order valence-electron chi connectivity index (χ0n) is 27.9. The van der Waals surface area contributed by atoms with E-state index in [2.05, 4.69) is 10.6 Å². The Labute approximate surface area is 278 Å². The van der Waals surface area contributed by atoms with Gasteiger partial charge in [-0.3, -0.25) is 19.3 Å². The van der Waals surface area contributed by atoms with Crippen molar-refractivity contribution in [3.05, 3.63) is 102 Å². The third kappa shape index (κ3) is 11.4. The molecular formula is C36H48N5O5P. The summed E-state index contributed by atoms with van der Waals surface area (Å²) in [5.41, 5.74) is 7.92. The highest BCUT2D eigenvalue weighted by molar-refractivity contribution is 7.45. The number of primary amides is 1. The maximum Gasteiger partial charge on any atom is 0.317 e. The van der Waals surface area contributed by atoms with Crippen molar-refractivity contribution in [1.82, 2.24) is 15.5 Å². The Morgan fingerprint density at radius 1 is 0.766 bits per heavy atom. The Balaban J connectivity index is 1.94. The van der Waals surface area contributed by atoms with Gasteiger partial charge in [0.25, 0.3) is 0 Å². The van der Waals surface area contributed by atoms with Crippen molar-refractivity contribution >= 4 is 37.2 Å². The van der Waals surface area contributed by atoms with E-state index in [0.29, 0.717) is 18.5 Å². The molecule has 5 atom stereocenters. The van der Waals surface area contributed by atoms with Crippen LogP contribution in [0, 0.1) is 11.8 Å². The molecule has 0 radical (unpaired) electrons. The summed E-state index contributed by atoms with van der Waals surface area (Å²) in [6, 6.07) is 25.3. The molecule has 0 aliphatic carbocycles. The molecule has 11 heteroatoms. The van der Waals surface area contributed by atoms with Gasteiger partial charge in [0.2, 0.25) is 17.7 Å². The van der Waals surface area contributed by atoms with E-state index in [4.69, 9.17) is 5.73 Å². The molecule has 252 valence electrons. The number of hydrogen-bond donors (Lipinski definition) is 3. The molecule has 0 saturated heterocycles. The van der Waals surface area contributed by atoms with Crippen molar-refractivity contribution in [3.8, 4) is 0 Å². The van der Waals surface area contributed by atoms with E-state index in [0.717, 1.165) is 11.1 Å². The second kappa shape index (κ2) is 18.0. The summed E-state index contributed by atoms with van der Waals surface area (Å²) in [5.74, 6) is -3.00. The van der Waals surface area contributed by atoms with Gasteiger partial charge in [0, 0.05) is 31.9 Å². The van der Waals surface area contributed by atoms with E-state index in [1.54, 1.807) is 51.4 Å². The van der Waals surface area contributed by atoms with Crippen LogP contribution in [0.2, 0.25) is 0 Å². The standard InChI is InChI=1S/C36H48N5O5P/c1-25(2)21-31(35(44)41(26(3)33(37)42)30-19-13-8-14-20-30)38-34(43)29(22-27-15-9-6-10-16-27)24-47(46)32(39-36(45)40(4)5)23-28-17-11-7-12-18-28/h6-20,25-26,29,31-32,47H,21-24H2,1-5H3,(H2,37,42)(H,38,43)(H,39,45)/t26-,29-,31-,32+/m0/s1. The van der Waals surface area contributed by atoms with Gasteiger partial charge in [0.1, 0.15) is 12.1 Å². The molecule has 10 nitrogen and oxygen atoms in total. The second-order valence-corrected chi connectivity index (χ2v) is 14.5. The SMILES string of the molecule is CC(C)C[C@H](NC(=O)[C@@H](Cc1ccccc1)C[PH](=O)[C@H](Cc1ccccc1)NC(=O)N(C)C)C(=O)N(c1ccccc1)[C@@H](C)C(N)=O. The maximum absolute atomic E-state index is 14.2. The summed E-state index contributed by atoms with van der Waals surface area (Å²) in [7, 11) is 0.622. The number of benzene rings is 3. The molecule has 0 aliphatic heterocycles. The van der Waals surface area contributed by atoms with Gasteiger partial charge in [-0.05, 0) is 55.4 Å². The third-order valence-electron chi connectivity index (χ3n) is 7.91. The largest absolute Gasteiger partial charge is 0.368 e. The first kappa shape index (κ1) is 37.0. The number of amides is 5. The highest BCUT2D eigenvalue weighted by Crippen LogP contribution is 2.33. The fraction of sp³-hybridized carbons (Fsp3) is 0.389. The first-order chi connectivity index (χ1) is 22.4. The highest BCUT2D eigenvalue weighted by atomic mass is 31.1. The van der Waals surface area contributed by atoms with Gasteiger partial charge in [-0.15, -0.1) is 0 Å².